The van der Waals surface area contributed by atoms with E-state index in [9.17, 15) is 9.59 Å². The molecule has 130 valence electrons. The zero-order chi connectivity index (χ0) is 18.3. The molecule has 0 fully saturated rings. The number of Topliss-reactive ketones (excluding diaryl/α,β-unsaturated/α-hetero) is 1. The van der Waals surface area contributed by atoms with Gasteiger partial charge in [0.05, 0.1) is 20.6 Å². The van der Waals surface area contributed by atoms with Crippen LogP contribution in [0.4, 0.5) is 0 Å². The Bertz CT molecular complexity index is 923. The van der Waals surface area contributed by atoms with Crippen LogP contribution in [0.15, 0.2) is 28.3 Å². The molecule has 1 aliphatic heterocycles. The molecule has 2 heterocycles. The number of hydrogen-bond donors (Lipinski definition) is 0. The van der Waals surface area contributed by atoms with E-state index in [1.54, 1.807) is 22.9 Å². The first-order chi connectivity index (χ1) is 11.8. The second-order valence-electron chi connectivity index (χ2n) is 5.36. The van der Waals surface area contributed by atoms with Gasteiger partial charge in [-0.05, 0) is 30.8 Å². The van der Waals surface area contributed by atoms with Gasteiger partial charge in [-0.2, -0.15) is 0 Å². The summed E-state index contributed by atoms with van der Waals surface area (Å²) in [5, 5.41) is 10.8. The van der Waals surface area contributed by atoms with Crippen molar-refractivity contribution in [3.05, 3.63) is 44.5 Å². The second-order valence-corrected chi connectivity index (χ2v) is 7.15. The van der Waals surface area contributed by atoms with Crippen molar-refractivity contribution in [1.29, 1.82) is 0 Å². The molecule has 2 aromatic rings. The lowest BCUT2D eigenvalue weighted by molar-refractivity contribution is -0.117. The van der Waals surface area contributed by atoms with Gasteiger partial charge in [-0.1, -0.05) is 36.2 Å². The molecule has 0 atom stereocenters. The van der Waals surface area contributed by atoms with Gasteiger partial charge in [-0.3, -0.25) is 9.59 Å². The van der Waals surface area contributed by atoms with Crippen molar-refractivity contribution in [1.82, 2.24) is 14.9 Å². The van der Waals surface area contributed by atoms with Gasteiger partial charge >= 0.3 is 0 Å². The van der Waals surface area contributed by atoms with E-state index >= 15 is 0 Å². The van der Waals surface area contributed by atoms with Crippen LogP contribution >= 0.6 is 35.0 Å². The molecule has 3 rings (SSSR count). The SMILES string of the molecule is CCc1nnc2n1N(C(C)=O)C(c1ccc(Cl)c(Cl)c1)=C(C(C)=O)S2. The van der Waals surface area contributed by atoms with E-state index < -0.39 is 0 Å². The maximum atomic E-state index is 12.5. The summed E-state index contributed by atoms with van der Waals surface area (Å²) >= 11 is 13.3. The number of benzene rings is 1. The summed E-state index contributed by atoms with van der Waals surface area (Å²) in [6, 6.07) is 5.00. The molecule has 1 aliphatic rings. The number of nitrogens with zero attached hydrogens (tertiary/aromatic N) is 4. The molecule has 0 spiro atoms. The molecule has 25 heavy (non-hydrogen) atoms. The lowest BCUT2D eigenvalue weighted by atomic mass is 10.1. The van der Waals surface area contributed by atoms with Gasteiger partial charge in [0.2, 0.25) is 11.1 Å². The summed E-state index contributed by atoms with van der Waals surface area (Å²) in [4.78, 5) is 25.1. The second kappa shape index (κ2) is 6.82. The number of aryl methyl sites for hydroxylation is 1. The molecular formula is C16H14Cl2N4O2S. The summed E-state index contributed by atoms with van der Waals surface area (Å²) in [5.74, 6) is 0.179. The zero-order valence-corrected chi connectivity index (χ0v) is 16.0. The predicted octanol–water partition coefficient (Wildman–Crippen LogP) is 3.70. The maximum absolute atomic E-state index is 12.5. The van der Waals surface area contributed by atoms with Crippen molar-refractivity contribution in [2.24, 2.45) is 0 Å². The number of fused-ring (bicyclic) bond motifs is 1. The largest absolute Gasteiger partial charge is 0.294 e. The van der Waals surface area contributed by atoms with Crippen LogP contribution < -0.4 is 5.01 Å². The third-order valence-electron chi connectivity index (χ3n) is 3.62. The molecular weight excluding hydrogens is 383 g/mol. The standard InChI is InChI=1S/C16H14Cl2N4O2S/c1-4-13-19-20-16-22(13)21(9(3)24)14(15(25-16)8(2)23)10-5-6-11(17)12(18)7-10/h5-7H,4H2,1-3H3. The van der Waals surface area contributed by atoms with Crippen molar-refractivity contribution < 1.29 is 9.59 Å². The van der Waals surface area contributed by atoms with Crippen molar-refractivity contribution in [2.45, 2.75) is 32.3 Å². The first-order valence-electron chi connectivity index (χ1n) is 7.48. The van der Waals surface area contributed by atoms with Crippen molar-refractivity contribution in [2.75, 3.05) is 5.01 Å². The average molecular weight is 397 g/mol. The zero-order valence-electron chi connectivity index (χ0n) is 13.7. The average Bonchev–Trinajstić information content (AvgIpc) is 2.98. The van der Waals surface area contributed by atoms with Gasteiger partial charge in [0.1, 0.15) is 0 Å². The number of hydrogen-bond acceptors (Lipinski definition) is 5. The molecule has 9 heteroatoms. The maximum Gasteiger partial charge on any atom is 0.243 e. The van der Waals surface area contributed by atoms with Gasteiger partial charge in [-0.25, -0.2) is 9.69 Å². The topological polar surface area (TPSA) is 68.1 Å². The number of amides is 1. The van der Waals surface area contributed by atoms with E-state index in [4.69, 9.17) is 23.2 Å². The van der Waals surface area contributed by atoms with Crippen molar-refractivity contribution >= 4 is 52.4 Å². The molecule has 1 aromatic carbocycles. The Morgan fingerprint density at radius 3 is 2.44 bits per heavy atom. The Labute approximate surface area is 158 Å². The van der Waals surface area contributed by atoms with Crippen LogP contribution in [0.2, 0.25) is 10.0 Å². The van der Waals surface area contributed by atoms with Crippen LogP contribution in [-0.4, -0.2) is 26.6 Å². The van der Waals surface area contributed by atoms with Gasteiger partial charge in [-0.15, -0.1) is 10.2 Å². The van der Waals surface area contributed by atoms with Crippen LogP contribution in [0.25, 0.3) is 5.70 Å². The molecule has 0 radical (unpaired) electrons. The number of carbonyl (C=O) groups is 2. The van der Waals surface area contributed by atoms with Gasteiger partial charge in [0.25, 0.3) is 0 Å². The fraction of sp³-hybridized carbons (Fsp3) is 0.250. The Morgan fingerprint density at radius 2 is 1.88 bits per heavy atom. The van der Waals surface area contributed by atoms with E-state index in [0.29, 0.717) is 43.6 Å². The smallest absolute Gasteiger partial charge is 0.243 e. The number of rotatable bonds is 3. The number of allylic oxidation sites excluding steroid dienone is 1. The van der Waals surface area contributed by atoms with Crippen LogP contribution in [0.5, 0.6) is 0 Å². The summed E-state index contributed by atoms with van der Waals surface area (Å²) in [6.07, 6.45) is 0.585. The molecule has 1 amide bonds. The number of aromatic nitrogens is 3. The minimum absolute atomic E-state index is 0.176. The summed E-state index contributed by atoms with van der Waals surface area (Å²) in [6.45, 7) is 4.79. The Kier molecular flexibility index (Phi) is 4.90. The van der Waals surface area contributed by atoms with Crippen LogP contribution in [0.1, 0.15) is 32.2 Å². The van der Waals surface area contributed by atoms with Crippen LogP contribution in [0, 0.1) is 0 Å². The van der Waals surface area contributed by atoms with Gasteiger partial charge in [0.15, 0.2) is 11.6 Å². The van der Waals surface area contributed by atoms with E-state index in [1.165, 1.54) is 30.6 Å². The molecule has 0 aliphatic carbocycles. The van der Waals surface area contributed by atoms with Crippen molar-refractivity contribution in [3.63, 3.8) is 0 Å². The van der Waals surface area contributed by atoms with Gasteiger partial charge in [0, 0.05) is 18.9 Å². The molecule has 0 unspecified atom stereocenters. The third kappa shape index (κ3) is 3.07. The van der Waals surface area contributed by atoms with Gasteiger partial charge < -0.3 is 0 Å². The Hall–Kier alpha value is -1.83. The van der Waals surface area contributed by atoms with E-state index in [2.05, 4.69) is 10.2 Å². The lowest BCUT2D eigenvalue weighted by Gasteiger charge is -2.32. The van der Waals surface area contributed by atoms with Crippen LogP contribution in [-0.2, 0) is 16.0 Å². The highest BCUT2D eigenvalue weighted by atomic mass is 35.5. The highest BCUT2D eigenvalue weighted by Gasteiger charge is 2.34. The number of carbonyl (C=O) groups excluding carboxylic acids is 2. The Morgan fingerprint density at radius 1 is 1.16 bits per heavy atom. The quantitative estimate of drug-likeness (QED) is 0.790. The number of ketones is 1. The summed E-state index contributed by atoms with van der Waals surface area (Å²) in [5.41, 5.74) is 1.06. The monoisotopic (exact) mass is 396 g/mol. The minimum Gasteiger partial charge on any atom is -0.294 e. The van der Waals surface area contributed by atoms with E-state index in [0.717, 1.165) is 0 Å². The fourth-order valence-corrected chi connectivity index (χ4v) is 3.83. The molecule has 0 saturated carbocycles. The fourth-order valence-electron chi connectivity index (χ4n) is 2.55. The number of halogens is 2. The molecule has 0 bridgehead atoms. The summed E-state index contributed by atoms with van der Waals surface area (Å²) in [7, 11) is 0. The molecule has 0 saturated heterocycles. The van der Waals surface area contributed by atoms with E-state index in [1.807, 2.05) is 6.92 Å². The first-order valence-corrected chi connectivity index (χ1v) is 9.06. The lowest BCUT2D eigenvalue weighted by Crippen LogP contribution is -2.41. The first kappa shape index (κ1) is 18.0. The third-order valence-corrected chi connectivity index (χ3v) is 5.49. The number of thioether (sulfide) groups is 1. The molecule has 1 aromatic heterocycles. The van der Waals surface area contributed by atoms with Crippen molar-refractivity contribution in [3.8, 4) is 0 Å². The summed E-state index contributed by atoms with van der Waals surface area (Å²) < 4.78 is 1.64. The molecule has 6 nitrogen and oxygen atoms in total. The Balaban J connectivity index is 2.30. The highest BCUT2D eigenvalue weighted by Crippen LogP contribution is 2.40. The normalized spacial score (nSPS) is 13.9. The van der Waals surface area contributed by atoms with E-state index in [-0.39, 0.29) is 11.7 Å². The predicted molar refractivity (Wildman–Crippen MR) is 98.2 cm³/mol. The highest BCUT2D eigenvalue weighted by molar-refractivity contribution is 8.04. The minimum atomic E-state index is -0.268. The molecule has 0 N–H and O–H groups in total. The van der Waals surface area contributed by atoms with Crippen LogP contribution in [0.3, 0.4) is 0 Å².